The first-order valence-corrected chi connectivity index (χ1v) is 5.85. The van der Waals surface area contributed by atoms with E-state index in [4.69, 9.17) is 15.2 Å². The molecule has 1 atom stereocenters. The third kappa shape index (κ3) is 4.63. The lowest BCUT2D eigenvalue weighted by atomic mass is 10.2. The molecule has 1 aromatic rings. The van der Waals surface area contributed by atoms with Gasteiger partial charge in [0.2, 0.25) is 5.91 Å². The quantitative estimate of drug-likeness (QED) is 0.757. The number of hydrogen-bond donors (Lipinski definition) is 2. The number of rotatable bonds is 7. The van der Waals surface area contributed by atoms with Crippen LogP contribution in [0.4, 0.5) is 0 Å². The van der Waals surface area contributed by atoms with Crippen molar-refractivity contribution in [2.75, 3.05) is 13.7 Å². The molecule has 0 aliphatic heterocycles. The Balaban J connectivity index is 2.52. The number of carbonyl (C=O) groups is 1. The number of nitrogens with one attached hydrogen (secondary N) is 1. The van der Waals surface area contributed by atoms with Crippen molar-refractivity contribution in [3.8, 4) is 11.5 Å². The van der Waals surface area contributed by atoms with Crippen molar-refractivity contribution in [2.24, 2.45) is 5.73 Å². The van der Waals surface area contributed by atoms with Crippen LogP contribution in [0.25, 0.3) is 0 Å². The highest BCUT2D eigenvalue weighted by molar-refractivity contribution is 5.80. The fourth-order valence-corrected chi connectivity index (χ4v) is 1.47. The molecule has 0 aliphatic rings. The van der Waals surface area contributed by atoms with Gasteiger partial charge in [0.05, 0.1) is 7.11 Å². The number of primary amides is 1. The van der Waals surface area contributed by atoms with Gasteiger partial charge < -0.3 is 20.5 Å². The van der Waals surface area contributed by atoms with E-state index in [9.17, 15) is 4.79 Å². The highest BCUT2D eigenvalue weighted by atomic mass is 16.5. The molecule has 1 aromatic carbocycles. The largest absolute Gasteiger partial charge is 0.497 e. The molecule has 3 N–H and O–H groups in total. The molecule has 0 radical (unpaired) electrons. The zero-order valence-electron chi connectivity index (χ0n) is 11.0. The second-order valence-corrected chi connectivity index (χ2v) is 4.26. The van der Waals surface area contributed by atoms with Gasteiger partial charge in [-0.3, -0.25) is 4.79 Å². The molecule has 0 fully saturated rings. The first-order chi connectivity index (χ1) is 8.52. The van der Waals surface area contributed by atoms with Crippen LogP contribution >= 0.6 is 0 Å². The standard InChI is InChI=1S/C13H20N2O3/c1-9(2)15-12(13(14)16)8-18-11-6-4-10(17-3)5-7-11/h4-7,9,12,15H,8H2,1-3H3,(H2,14,16). The predicted octanol–water partition coefficient (Wildman–Crippen LogP) is 0.926. The molecule has 1 rings (SSSR count). The van der Waals surface area contributed by atoms with Gasteiger partial charge in [-0.25, -0.2) is 0 Å². The summed E-state index contributed by atoms with van der Waals surface area (Å²) in [5, 5.41) is 3.05. The molecule has 0 aromatic heterocycles. The normalized spacial score (nSPS) is 12.2. The van der Waals surface area contributed by atoms with E-state index in [-0.39, 0.29) is 12.6 Å². The summed E-state index contributed by atoms with van der Waals surface area (Å²) in [5.41, 5.74) is 5.29. The minimum absolute atomic E-state index is 0.168. The van der Waals surface area contributed by atoms with E-state index in [1.807, 2.05) is 13.8 Å². The van der Waals surface area contributed by atoms with Gasteiger partial charge in [-0.1, -0.05) is 13.8 Å². The van der Waals surface area contributed by atoms with E-state index >= 15 is 0 Å². The highest BCUT2D eigenvalue weighted by Crippen LogP contribution is 2.17. The first kappa shape index (κ1) is 14.3. The summed E-state index contributed by atoms with van der Waals surface area (Å²) in [6.45, 7) is 4.10. The molecule has 0 saturated heterocycles. The zero-order chi connectivity index (χ0) is 13.5. The van der Waals surface area contributed by atoms with Crippen molar-refractivity contribution in [1.82, 2.24) is 5.32 Å². The molecule has 0 saturated carbocycles. The molecule has 0 aliphatic carbocycles. The number of hydrogen-bond acceptors (Lipinski definition) is 4. The van der Waals surface area contributed by atoms with Gasteiger partial charge >= 0.3 is 0 Å². The summed E-state index contributed by atoms with van der Waals surface area (Å²) in [5.74, 6) is 1.01. The summed E-state index contributed by atoms with van der Waals surface area (Å²) in [4.78, 5) is 11.2. The molecule has 18 heavy (non-hydrogen) atoms. The SMILES string of the molecule is COc1ccc(OCC(NC(C)C)C(N)=O)cc1. The maximum absolute atomic E-state index is 11.2. The summed E-state index contributed by atoms with van der Waals surface area (Å²) in [7, 11) is 1.60. The van der Waals surface area contributed by atoms with Crippen molar-refractivity contribution in [3.05, 3.63) is 24.3 Å². The Labute approximate surface area is 107 Å². The Hall–Kier alpha value is -1.75. The van der Waals surface area contributed by atoms with Crippen molar-refractivity contribution < 1.29 is 14.3 Å². The third-order valence-corrected chi connectivity index (χ3v) is 2.35. The summed E-state index contributed by atoms with van der Waals surface area (Å²) < 4.78 is 10.6. The number of nitrogens with two attached hydrogens (primary N) is 1. The number of carbonyl (C=O) groups excluding carboxylic acids is 1. The van der Waals surface area contributed by atoms with Gasteiger partial charge in [0.15, 0.2) is 0 Å². The van der Waals surface area contributed by atoms with E-state index in [1.165, 1.54) is 0 Å². The van der Waals surface area contributed by atoms with Crippen molar-refractivity contribution in [3.63, 3.8) is 0 Å². The number of methoxy groups -OCH3 is 1. The molecule has 0 bridgehead atoms. The Morgan fingerprint density at radius 2 is 1.83 bits per heavy atom. The van der Waals surface area contributed by atoms with Gasteiger partial charge in [0.1, 0.15) is 24.1 Å². The Bertz CT molecular complexity index is 376. The van der Waals surface area contributed by atoms with Crippen LogP contribution < -0.4 is 20.5 Å². The fourth-order valence-electron chi connectivity index (χ4n) is 1.47. The van der Waals surface area contributed by atoms with Crippen LogP contribution in [0.1, 0.15) is 13.8 Å². The zero-order valence-corrected chi connectivity index (χ0v) is 11.0. The van der Waals surface area contributed by atoms with Gasteiger partial charge in [0.25, 0.3) is 0 Å². The highest BCUT2D eigenvalue weighted by Gasteiger charge is 2.16. The molecule has 0 heterocycles. The molecular formula is C13H20N2O3. The fraction of sp³-hybridized carbons (Fsp3) is 0.462. The molecule has 1 unspecified atom stereocenters. The number of amides is 1. The Morgan fingerprint density at radius 3 is 2.28 bits per heavy atom. The van der Waals surface area contributed by atoms with E-state index in [1.54, 1.807) is 31.4 Å². The average molecular weight is 252 g/mol. The van der Waals surface area contributed by atoms with Crippen molar-refractivity contribution >= 4 is 5.91 Å². The predicted molar refractivity (Wildman–Crippen MR) is 69.7 cm³/mol. The van der Waals surface area contributed by atoms with Crippen LogP contribution in [-0.2, 0) is 4.79 Å². The summed E-state index contributed by atoms with van der Waals surface area (Å²) in [6, 6.07) is 6.84. The summed E-state index contributed by atoms with van der Waals surface area (Å²) in [6.07, 6.45) is 0. The van der Waals surface area contributed by atoms with Crippen molar-refractivity contribution in [2.45, 2.75) is 25.9 Å². The van der Waals surface area contributed by atoms with Crippen LogP contribution in [0.2, 0.25) is 0 Å². The number of ether oxygens (including phenoxy) is 2. The van der Waals surface area contributed by atoms with Crippen LogP contribution in [0.5, 0.6) is 11.5 Å². The molecule has 100 valence electrons. The molecule has 0 spiro atoms. The number of benzene rings is 1. The van der Waals surface area contributed by atoms with Crippen LogP contribution in [0.3, 0.4) is 0 Å². The minimum atomic E-state index is -0.493. The first-order valence-electron chi connectivity index (χ1n) is 5.85. The van der Waals surface area contributed by atoms with E-state index in [0.717, 1.165) is 5.75 Å². The van der Waals surface area contributed by atoms with Crippen LogP contribution in [0.15, 0.2) is 24.3 Å². The maximum atomic E-state index is 11.2. The van der Waals surface area contributed by atoms with Gasteiger partial charge in [0, 0.05) is 6.04 Å². The average Bonchev–Trinajstić information content (AvgIpc) is 2.34. The lowest BCUT2D eigenvalue weighted by Gasteiger charge is -2.18. The monoisotopic (exact) mass is 252 g/mol. The topological polar surface area (TPSA) is 73.6 Å². The smallest absolute Gasteiger partial charge is 0.238 e. The lowest BCUT2D eigenvalue weighted by molar-refractivity contribution is -0.120. The Morgan fingerprint density at radius 1 is 1.28 bits per heavy atom. The lowest BCUT2D eigenvalue weighted by Crippen LogP contribution is -2.48. The second kappa shape index (κ2) is 6.86. The summed E-state index contributed by atoms with van der Waals surface area (Å²) >= 11 is 0. The minimum Gasteiger partial charge on any atom is -0.497 e. The van der Waals surface area contributed by atoms with Crippen LogP contribution in [0, 0.1) is 0 Å². The molecule has 5 nitrogen and oxygen atoms in total. The van der Waals surface area contributed by atoms with Gasteiger partial charge in [-0.05, 0) is 24.3 Å². The second-order valence-electron chi connectivity index (χ2n) is 4.26. The van der Waals surface area contributed by atoms with E-state index in [0.29, 0.717) is 5.75 Å². The third-order valence-electron chi connectivity index (χ3n) is 2.35. The van der Waals surface area contributed by atoms with Crippen molar-refractivity contribution in [1.29, 1.82) is 0 Å². The molecular weight excluding hydrogens is 232 g/mol. The Kier molecular flexibility index (Phi) is 5.45. The molecule has 1 amide bonds. The van der Waals surface area contributed by atoms with E-state index < -0.39 is 11.9 Å². The van der Waals surface area contributed by atoms with Gasteiger partial charge in [-0.2, -0.15) is 0 Å². The maximum Gasteiger partial charge on any atom is 0.238 e. The van der Waals surface area contributed by atoms with Gasteiger partial charge in [-0.15, -0.1) is 0 Å². The van der Waals surface area contributed by atoms with E-state index in [2.05, 4.69) is 5.32 Å². The van der Waals surface area contributed by atoms with Crippen LogP contribution in [-0.4, -0.2) is 31.7 Å². The molecule has 5 heteroatoms.